The summed E-state index contributed by atoms with van der Waals surface area (Å²) in [5, 5.41) is 0. The lowest BCUT2D eigenvalue weighted by Gasteiger charge is -2.30. The van der Waals surface area contributed by atoms with Crippen LogP contribution in [0.15, 0.2) is 30.3 Å². The Kier molecular flexibility index (Phi) is 3.64. The van der Waals surface area contributed by atoms with Gasteiger partial charge in [-0.15, -0.1) is 0 Å². The Bertz CT molecular complexity index is 508. The lowest BCUT2D eigenvalue weighted by Crippen LogP contribution is -2.58. The summed E-state index contributed by atoms with van der Waals surface area (Å²) in [4.78, 5) is 11.3. The van der Waals surface area contributed by atoms with E-state index in [0.29, 0.717) is 5.56 Å². The summed E-state index contributed by atoms with van der Waals surface area (Å²) in [6, 6.07) is 7.54. The Morgan fingerprint density at radius 3 is 1.95 bits per heavy atom. The van der Waals surface area contributed by atoms with Crippen molar-refractivity contribution >= 4 is 5.97 Å². The van der Waals surface area contributed by atoms with Crippen molar-refractivity contribution in [3.05, 3.63) is 35.9 Å². The molecule has 0 aromatic heterocycles. The highest BCUT2D eigenvalue weighted by Crippen LogP contribution is 2.50. The Labute approximate surface area is 114 Å². The molecular weight excluding hydrogens is 306 g/mol. The van der Waals surface area contributed by atoms with E-state index in [2.05, 4.69) is 9.47 Å². The molecule has 2 rings (SSSR count). The van der Waals surface area contributed by atoms with Gasteiger partial charge < -0.3 is 9.47 Å². The molecule has 1 aliphatic heterocycles. The number of halogens is 6. The lowest BCUT2D eigenvalue weighted by atomic mass is 10.1. The van der Waals surface area contributed by atoms with E-state index in [-0.39, 0.29) is 0 Å². The van der Waals surface area contributed by atoms with E-state index >= 15 is 0 Å². The minimum absolute atomic E-state index is 0.347. The molecule has 116 valence electrons. The van der Waals surface area contributed by atoms with E-state index in [1.165, 1.54) is 24.3 Å². The average molecular weight is 314 g/mol. The van der Waals surface area contributed by atoms with Gasteiger partial charge in [-0.2, -0.15) is 26.3 Å². The molecule has 0 radical (unpaired) electrons. The van der Waals surface area contributed by atoms with E-state index in [0.717, 1.165) is 0 Å². The third-order valence-electron chi connectivity index (χ3n) is 2.83. The summed E-state index contributed by atoms with van der Waals surface area (Å²) < 4.78 is 83.6. The van der Waals surface area contributed by atoms with Crippen molar-refractivity contribution in [2.24, 2.45) is 0 Å². The highest BCUT2D eigenvalue weighted by molar-refractivity contribution is 5.77. The minimum atomic E-state index is -5.92. The Balaban J connectivity index is 2.28. The van der Waals surface area contributed by atoms with Crippen molar-refractivity contribution in [1.29, 1.82) is 0 Å². The van der Waals surface area contributed by atoms with Crippen molar-refractivity contribution in [3.8, 4) is 0 Å². The van der Waals surface area contributed by atoms with Crippen LogP contribution in [0.25, 0.3) is 0 Å². The van der Waals surface area contributed by atoms with Gasteiger partial charge in [0.1, 0.15) is 0 Å². The van der Waals surface area contributed by atoms with Crippen molar-refractivity contribution in [3.63, 3.8) is 0 Å². The maximum Gasteiger partial charge on any atom is 0.465 e. The van der Waals surface area contributed by atoms with Gasteiger partial charge in [0.15, 0.2) is 6.10 Å². The first-order valence-corrected chi connectivity index (χ1v) is 5.65. The summed E-state index contributed by atoms with van der Waals surface area (Å²) in [7, 11) is 0. The molecule has 1 fully saturated rings. The van der Waals surface area contributed by atoms with Crippen LogP contribution in [0.5, 0.6) is 0 Å². The number of rotatable bonds is 2. The van der Waals surface area contributed by atoms with E-state index in [4.69, 9.17) is 0 Å². The number of benzene rings is 1. The molecule has 0 bridgehead atoms. The number of carbonyl (C=O) groups excluding carboxylic acids is 1. The summed E-state index contributed by atoms with van der Waals surface area (Å²) >= 11 is 0. The smallest absolute Gasteiger partial charge is 0.414 e. The van der Waals surface area contributed by atoms with Gasteiger partial charge >= 0.3 is 24.1 Å². The van der Waals surface area contributed by atoms with Crippen LogP contribution >= 0.6 is 0 Å². The zero-order valence-electron chi connectivity index (χ0n) is 10.2. The lowest BCUT2D eigenvalue weighted by molar-refractivity contribution is -0.439. The van der Waals surface area contributed by atoms with Gasteiger partial charge in [-0.3, -0.25) is 0 Å². The molecule has 0 unspecified atom stereocenters. The standard InChI is InChI=1S/C12H8F6O3/c13-11(14,15)10(12(16,17)18)20-8(9(19)21-10)6-7-4-2-1-3-5-7/h1-5,8H,6H2/t8-/m0/s1. The van der Waals surface area contributed by atoms with Crippen molar-refractivity contribution in [2.75, 3.05) is 0 Å². The number of ether oxygens (including phenoxy) is 2. The molecule has 1 aromatic carbocycles. The third kappa shape index (κ3) is 2.69. The van der Waals surface area contributed by atoms with Crippen LogP contribution in [0.4, 0.5) is 26.3 Å². The molecule has 3 nitrogen and oxygen atoms in total. The molecule has 21 heavy (non-hydrogen) atoms. The predicted octanol–water partition coefficient (Wildman–Crippen LogP) is 2.99. The monoisotopic (exact) mass is 314 g/mol. The van der Waals surface area contributed by atoms with Crippen molar-refractivity contribution in [1.82, 2.24) is 0 Å². The first-order valence-electron chi connectivity index (χ1n) is 5.65. The first-order chi connectivity index (χ1) is 9.57. The second kappa shape index (κ2) is 4.90. The van der Waals surface area contributed by atoms with E-state index in [9.17, 15) is 31.1 Å². The molecule has 0 spiro atoms. The Morgan fingerprint density at radius 1 is 1.00 bits per heavy atom. The molecule has 1 atom stereocenters. The van der Waals surface area contributed by atoms with Crippen LogP contribution in [0.2, 0.25) is 0 Å². The summed E-state index contributed by atoms with van der Waals surface area (Å²) in [5.74, 6) is -6.61. The van der Waals surface area contributed by atoms with Gasteiger partial charge in [-0.1, -0.05) is 30.3 Å². The van der Waals surface area contributed by atoms with Crippen molar-refractivity contribution < 1.29 is 40.6 Å². The number of carbonyl (C=O) groups is 1. The molecule has 0 saturated carbocycles. The highest BCUT2D eigenvalue weighted by Gasteiger charge is 2.80. The molecule has 0 amide bonds. The fraction of sp³-hybridized carbons (Fsp3) is 0.417. The largest absolute Gasteiger partial charge is 0.465 e. The highest BCUT2D eigenvalue weighted by atomic mass is 19.4. The molecule has 0 N–H and O–H groups in total. The molecule has 0 aliphatic carbocycles. The molecule has 1 saturated heterocycles. The van der Waals surface area contributed by atoms with Gasteiger partial charge in [0.25, 0.3) is 0 Å². The topological polar surface area (TPSA) is 35.5 Å². The van der Waals surface area contributed by atoms with Crippen molar-refractivity contribution in [2.45, 2.75) is 30.7 Å². The van der Waals surface area contributed by atoms with Gasteiger partial charge in [0.2, 0.25) is 0 Å². The zero-order valence-corrected chi connectivity index (χ0v) is 10.2. The van der Waals surface area contributed by atoms with Crippen LogP contribution in [0.3, 0.4) is 0 Å². The minimum Gasteiger partial charge on any atom is -0.414 e. The first kappa shape index (κ1) is 15.6. The van der Waals surface area contributed by atoms with Crippen LogP contribution < -0.4 is 0 Å². The van der Waals surface area contributed by atoms with Gasteiger partial charge in [0.05, 0.1) is 0 Å². The Hall–Kier alpha value is -1.77. The van der Waals surface area contributed by atoms with E-state index in [1.807, 2.05) is 0 Å². The van der Waals surface area contributed by atoms with Crippen LogP contribution in [-0.2, 0) is 20.7 Å². The predicted molar refractivity (Wildman–Crippen MR) is 56.0 cm³/mol. The summed E-state index contributed by atoms with van der Waals surface area (Å²) in [5.41, 5.74) is 0.347. The quantitative estimate of drug-likeness (QED) is 0.622. The third-order valence-corrected chi connectivity index (χ3v) is 2.83. The molecule has 1 aromatic rings. The molecule has 1 heterocycles. The molecule has 9 heteroatoms. The number of hydrogen-bond donors (Lipinski definition) is 0. The maximum atomic E-state index is 12.7. The average Bonchev–Trinajstić information content (AvgIpc) is 2.68. The van der Waals surface area contributed by atoms with E-state index in [1.54, 1.807) is 6.07 Å². The van der Waals surface area contributed by atoms with Crippen LogP contribution in [0.1, 0.15) is 5.56 Å². The fourth-order valence-electron chi connectivity index (χ4n) is 1.84. The van der Waals surface area contributed by atoms with Gasteiger partial charge in [0, 0.05) is 6.42 Å². The number of alkyl halides is 6. The normalized spacial score (nSPS) is 22.2. The van der Waals surface area contributed by atoms with Gasteiger partial charge in [-0.05, 0) is 5.56 Å². The second-order valence-electron chi connectivity index (χ2n) is 4.33. The molecular formula is C12H8F6O3. The summed E-state index contributed by atoms with van der Waals surface area (Å²) in [6.07, 6.45) is -14.3. The Morgan fingerprint density at radius 2 is 1.52 bits per heavy atom. The fourth-order valence-corrected chi connectivity index (χ4v) is 1.84. The van der Waals surface area contributed by atoms with E-state index < -0.39 is 36.6 Å². The number of cyclic esters (lactones) is 1. The summed E-state index contributed by atoms with van der Waals surface area (Å²) in [6.45, 7) is 0. The second-order valence-corrected chi connectivity index (χ2v) is 4.33. The van der Waals surface area contributed by atoms with Crippen LogP contribution in [-0.4, -0.2) is 30.2 Å². The maximum absolute atomic E-state index is 12.7. The molecule has 1 aliphatic rings. The van der Waals surface area contributed by atoms with Gasteiger partial charge in [-0.25, -0.2) is 4.79 Å². The SMILES string of the molecule is O=C1OC(C(F)(F)F)(C(F)(F)F)O[C@H]1Cc1ccccc1. The number of esters is 1. The number of hydrogen-bond acceptors (Lipinski definition) is 3. The zero-order chi connectivity index (χ0) is 15.9. The van der Waals surface area contributed by atoms with Crippen LogP contribution in [0, 0.1) is 0 Å².